The lowest BCUT2D eigenvalue weighted by atomic mass is 10.2. The Morgan fingerprint density at radius 1 is 1.04 bits per heavy atom. The molecule has 0 aliphatic rings. The summed E-state index contributed by atoms with van der Waals surface area (Å²) in [6.45, 7) is 1.95. The van der Waals surface area contributed by atoms with Crippen molar-refractivity contribution in [2.75, 3.05) is 16.4 Å². The van der Waals surface area contributed by atoms with Crippen LogP contribution in [0.15, 0.2) is 54.9 Å². The monoisotopic (exact) mass is 350 g/mol. The second-order valence-corrected chi connectivity index (χ2v) is 5.71. The minimum atomic E-state index is -0.688. The van der Waals surface area contributed by atoms with Crippen molar-refractivity contribution in [1.29, 1.82) is 0 Å². The zero-order valence-electron chi connectivity index (χ0n) is 14.1. The summed E-state index contributed by atoms with van der Waals surface area (Å²) in [7, 11) is 0. The van der Waals surface area contributed by atoms with Gasteiger partial charge >= 0.3 is 6.03 Å². The molecular weight excluding hydrogens is 332 g/mol. The summed E-state index contributed by atoms with van der Waals surface area (Å²) < 4.78 is 1.54. The van der Waals surface area contributed by atoms with Gasteiger partial charge in [0.15, 0.2) is 5.69 Å². The van der Waals surface area contributed by atoms with Crippen LogP contribution in [0.2, 0.25) is 0 Å². The minimum Gasteiger partial charge on any atom is -0.383 e. The van der Waals surface area contributed by atoms with Crippen LogP contribution in [0.5, 0.6) is 0 Å². The molecule has 3 aromatic rings. The zero-order chi connectivity index (χ0) is 18.7. The Labute approximate surface area is 149 Å². The summed E-state index contributed by atoms with van der Waals surface area (Å²) in [5, 5.41) is 5.51. The quantitative estimate of drug-likeness (QED) is 0.576. The minimum absolute atomic E-state index is 0.0183. The molecule has 0 aliphatic heterocycles. The second-order valence-electron chi connectivity index (χ2n) is 5.71. The average Bonchev–Trinajstić information content (AvgIpc) is 2.97. The van der Waals surface area contributed by atoms with Gasteiger partial charge in [-0.15, -0.1) is 0 Å². The molecule has 0 fully saturated rings. The molecule has 3 amide bonds. The van der Waals surface area contributed by atoms with Gasteiger partial charge in [-0.05, 0) is 48.9 Å². The number of carbonyl (C=O) groups is 2. The van der Waals surface area contributed by atoms with Gasteiger partial charge < -0.3 is 22.1 Å². The van der Waals surface area contributed by atoms with E-state index in [1.165, 1.54) is 10.9 Å². The van der Waals surface area contributed by atoms with Crippen LogP contribution in [-0.4, -0.2) is 21.5 Å². The van der Waals surface area contributed by atoms with Gasteiger partial charge in [-0.25, -0.2) is 9.78 Å². The average molecular weight is 350 g/mol. The lowest BCUT2D eigenvalue weighted by molar-refractivity contribution is 0.0997. The standard InChI is InChI=1S/C18H18N6O2/c1-11-3-2-4-13(9-11)23-18(26)22-12-5-7-14(8-6-12)24-10-21-15(16(24)19)17(20)25/h2-10H,19H2,1H3,(H2,20,25)(H2,22,23,26). The molecule has 26 heavy (non-hydrogen) atoms. The first-order chi connectivity index (χ1) is 12.4. The van der Waals surface area contributed by atoms with E-state index in [2.05, 4.69) is 15.6 Å². The van der Waals surface area contributed by atoms with Crippen molar-refractivity contribution >= 4 is 29.1 Å². The van der Waals surface area contributed by atoms with Crippen LogP contribution in [0.4, 0.5) is 22.0 Å². The van der Waals surface area contributed by atoms with Gasteiger partial charge in [0.1, 0.15) is 12.1 Å². The number of nitrogen functional groups attached to an aromatic ring is 1. The Morgan fingerprint density at radius 3 is 2.35 bits per heavy atom. The first-order valence-electron chi connectivity index (χ1n) is 7.82. The Kier molecular flexibility index (Phi) is 4.57. The molecule has 0 saturated carbocycles. The van der Waals surface area contributed by atoms with E-state index in [0.29, 0.717) is 17.1 Å². The number of benzene rings is 2. The van der Waals surface area contributed by atoms with E-state index in [4.69, 9.17) is 11.5 Å². The van der Waals surface area contributed by atoms with Crippen LogP contribution in [0.25, 0.3) is 5.69 Å². The van der Waals surface area contributed by atoms with E-state index in [1.54, 1.807) is 24.3 Å². The molecule has 8 heteroatoms. The van der Waals surface area contributed by atoms with Crippen molar-refractivity contribution in [1.82, 2.24) is 9.55 Å². The highest BCUT2D eigenvalue weighted by Crippen LogP contribution is 2.19. The van der Waals surface area contributed by atoms with Crippen LogP contribution in [0.3, 0.4) is 0 Å². The number of rotatable bonds is 4. The van der Waals surface area contributed by atoms with Gasteiger partial charge in [-0.2, -0.15) is 0 Å². The second kappa shape index (κ2) is 6.98. The fourth-order valence-corrected chi connectivity index (χ4v) is 2.48. The van der Waals surface area contributed by atoms with Gasteiger partial charge in [-0.1, -0.05) is 12.1 Å². The maximum atomic E-state index is 12.1. The highest BCUT2D eigenvalue weighted by atomic mass is 16.2. The molecule has 6 N–H and O–H groups in total. The number of amides is 3. The number of urea groups is 1. The lowest BCUT2D eigenvalue weighted by Gasteiger charge is -2.10. The molecule has 0 unspecified atom stereocenters. The van der Waals surface area contributed by atoms with Crippen LogP contribution >= 0.6 is 0 Å². The Morgan fingerprint density at radius 2 is 1.73 bits per heavy atom. The number of carbonyl (C=O) groups excluding carboxylic acids is 2. The molecule has 2 aromatic carbocycles. The molecule has 0 spiro atoms. The molecule has 0 radical (unpaired) electrons. The summed E-state index contributed by atoms with van der Waals surface area (Å²) in [6, 6.07) is 14.1. The fourth-order valence-electron chi connectivity index (χ4n) is 2.48. The smallest absolute Gasteiger partial charge is 0.323 e. The summed E-state index contributed by atoms with van der Waals surface area (Å²) in [6.07, 6.45) is 1.42. The van der Waals surface area contributed by atoms with Crippen LogP contribution < -0.4 is 22.1 Å². The van der Waals surface area contributed by atoms with E-state index in [1.807, 2.05) is 31.2 Å². The van der Waals surface area contributed by atoms with E-state index < -0.39 is 5.91 Å². The Hall–Kier alpha value is -3.81. The molecule has 0 atom stereocenters. The number of hydrogen-bond acceptors (Lipinski definition) is 4. The van der Waals surface area contributed by atoms with Gasteiger partial charge in [0, 0.05) is 17.1 Å². The topological polar surface area (TPSA) is 128 Å². The summed E-state index contributed by atoms with van der Waals surface area (Å²) in [4.78, 5) is 27.2. The van der Waals surface area contributed by atoms with Crippen molar-refractivity contribution in [3.05, 3.63) is 66.1 Å². The van der Waals surface area contributed by atoms with Gasteiger partial charge in [0.2, 0.25) is 0 Å². The Bertz CT molecular complexity index is 962. The number of hydrogen-bond donors (Lipinski definition) is 4. The van der Waals surface area contributed by atoms with E-state index in [-0.39, 0.29) is 17.5 Å². The highest BCUT2D eigenvalue weighted by molar-refractivity contribution is 5.99. The lowest BCUT2D eigenvalue weighted by Crippen LogP contribution is -2.19. The number of nitrogens with one attached hydrogen (secondary N) is 2. The number of aryl methyl sites for hydroxylation is 1. The molecule has 0 bridgehead atoms. The SMILES string of the molecule is Cc1cccc(NC(=O)Nc2ccc(-n3cnc(C(N)=O)c3N)cc2)c1. The third kappa shape index (κ3) is 3.64. The van der Waals surface area contributed by atoms with Crippen LogP contribution in [0.1, 0.15) is 16.1 Å². The predicted molar refractivity (Wildman–Crippen MR) is 100 cm³/mol. The van der Waals surface area contributed by atoms with Gasteiger partial charge in [-0.3, -0.25) is 9.36 Å². The third-order valence-electron chi connectivity index (χ3n) is 3.72. The fraction of sp³-hybridized carbons (Fsp3) is 0.0556. The largest absolute Gasteiger partial charge is 0.383 e. The van der Waals surface area contributed by atoms with Crippen molar-refractivity contribution in [3.8, 4) is 5.69 Å². The zero-order valence-corrected chi connectivity index (χ0v) is 14.1. The summed E-state index contributed by atoms with van der Waals surface area (Å²) >= 11 is 0. The summed E-state index contributed by atoms with van der Waals surface area (Å²) in [5.41, 5.74) is 14.2. The van der Waals surface area contributed by atoms with E-state index in [9.17, 15) is 9.59 Å². The predicted octanol–water partition coefficient (Wildman–Crippen LogP) is 2.51. The molecule has 0 aliphatic carbocycles. The van der Waals surface area contributed by atoms with E-state index >= 15 is 0 Å². The van der Waals surface area contributed by atoms with Crippen molar-refractivity contribution in [3.63, 3.8) is 0 Å². The molecule has 1 aromatic heterocycles. The number of primary amides is 1. The number of nitrogens with two attached hydrogens (primary N) is 2. The van der Waals surface area contributed by atoms with Crippen LogP contribution in [-0.2, 0) is 0 Å². The summed E-state index contributed by atoms with van der Waals surface area (Å²) in [5.74, 6) is -0.525. The molecule has 1 heterocycles. The number of aromatic nitrogens is 2. The van der Waals surface area contributed by atoms with Crippen molar-refractivity contribution < 1.29 is 9.59 Å². The number of nitrogens with zero attached hydrogens (tertiary/aromatic N) is 2. The highest BCUT2D eigenvalue weighted by Gasteiger charge is 2.13. The van der Waals surface area contributed by atoms with E-state index in [0.717, 1.165) is 5.56 Å². The molecule has 132 valence electrons. The van der Waals surface area contributed by atoms with Gasteiger partial charge in [0.05, 0.1) is 0 Å². The molecule has 3 rings (SSSR count). The van der Waals surface area contributed by atoms with Gasteiger partial charge in [0.25, 0.3) is 5.91 Å². The maximum Gasteiger partial charge on any atom is 0.323 e. The Balaban J connectivity index is 1.70. The number of anilines is 3. The number of imidazole rings is 1. The first-order valence-corrected chi connectivity index (χ1v) is 7.82. The third-order valence-corrected chi connectivity index (χ3v) is 3.72. The maximum absolute atomic E-state index is 12.1. The molecule has 0 saturated heterocycles. The first kappa shape index (κ1) is 17.0. The molecular formula is C18H18N6O2. The normalized spacial score (nSPS) is 10.3. The molecule has 8 nitrogen and oxygen atoms in total. The van der Waals surface area contributed by atoms with Crippen LogP contribution in [0, 0.1) is 6.92 Å². The van der Waals surface area contributed by atoms with Crippen molar-refractivity contribution in [2.45, 2.75) is 6.92 Å². The van der Waals surface area contributed by atoms with Crippen molar-refractivity contribution in [2.24, 2.45) is 5.73 Å².